The quantitative estimate of drug-likeness (QED) is 0.229. The van der Waals surface area contributed by atoms with Crippen molar-refractivity contribution >= 4 is 29.9 Å². The smallest absolute Gasteiger partial charge is 0.191 e. The highest BCUT2D eigenvalue weighted by molar-refractivity contribution is 14.0. The van der Waals surface area contributed by atoms with Gasteiger partial charge in [0.15, 0.2) is 5.96 Å². The molecular weight excluding hydrogens is 429 g/mol. The Morgan fingerprint density at radius 1 is 1.04 bits per heavy atom. The Bertz CT molecular complexity index is 465. The molecule has 0 radical (unpaired) electrons. The van der Waals surface area contributed by atoms with Crippen molar-refractivity contribution in [3.8, 4) is 0 Å². The van der Waals surface area contributed by atoms with Gasteiger partial charge in [-0.25, -0.2) is 0 Å². The number of guanidine groups is 1. The Morgan fingerprint density at radius 3 is 2.28 bits per heavy atom. The number of benzene rings is 1. The van der Waals surface area contributed by atoms with Gasteiger partial charge in [-0.1, -0.05) is 44.2 Å². The zero-order valence-electron chi connectivity index (χ0n) is 16.0. The molecule has 0 aromatic heterocycles. The third-order valence-corrected chi connectivity index (χ3v) is 4.53. The number of hydrogen-bond acceptors (Lipinski definition) is 3. The van der Waals surface area contributed by atoms with E-state index in [-0.39, 0.29) is 29.4 Å². The molecule has 0 atom stereocenters. The van der Waals surface area contributed by atoms with Crippen LogP contribution < -0.4 is 10.6 Å². The average molecular weight is 463 g/mol. The molecule has 1 aromatic carbocycles. The second kappa shape index (κ2) is 14.3. The fourth-order valence-electron chi connectivity index (χ4n) is 2.76. The topological polar surface area (TPSA) is 54.9 Å². The molecule has 0 unspecified atom stereocenters. The van der Waals surface area contributed by atoms with Crippen molar-refractivity contribution in [3.63, 3.8) is 0 Å². The molecule has 0 aliphatic rings. The van der Waals surface area contributed by atoms with Crippen molar-refractivity contribution in [1.82, 2.24) is 10.6 Å². The predicted molar refractivity (Wildman–Crippen MR) is 116 cm³/mol. The van der Waals surface area contributed by atoms with E-state index in [1.165, 1.54) is 5.56 Å². The molecule has 1 rings (SSSR count). The summed E-state index contributed by atoms with van der Waals surface area (Å²) in [7, 11) is 3.47. The zero-order valence-corrected chi connectivity index (χ0v) is 18.3. The van der Waals surface area contributed by atoms with Crippen molar-refractivity contribution < 1.29 is 9.47 Å². The molecule has 5 nitrogen and oxygen atoms in total. The number of nitrogens with zero attached hydrogens (tertiary/aromatic N) is 1. The molecule has 0 bridgehead atoms. The van der Waals surface area contributed by atoms with Crippen LogP contribution in [0.1, 0.15) is 32.3 Å². The molecule has 1 aromatic rings. The van der Waals surface area contributed by atoms with Crippen molar-refractivity contribution in [2.45, 2.75) is 32.1 Å². The molecular formula is C19H34IN3O2. The van der Waals surface area contributed by atoms with E-state index in [1.807, 2.05) is 0 Å². The predicted octanol–water partition coefficient (Wildman–Crippen LogP) is 3.19. The highest BCUT2D eigenvalue weighted by Gasteiger charge is 2.28. The van der Waals surface area contributed by atoms with E-state index in [1.54, 1.807) is 14.2 Å². The normalized spacial score (nSPS) is 11.8. The van der Waals surface area contributed by atoms with Gasteiger partial charge < -0.3 is 20.1 Å². The van der Waals surface area contributed by atoms with Crippen LogP contribution in [0.2, 0.25) is 0 Å². The van der Waals surface area contributed by atoms with Crippen LogP contribution in [0.25, 0.3) is 0 Å². The Hall–Kier alpha value is -0.860. The summed E-state index contributed by atoms with van der Waals surface area (Å²) in [4.78, 5) is 4.30. The van der Waals surface area contributed by atoms with Gasteiger partial charge in [-0.05, 0) is 18.4 Å². The lowest BCUT2D eigenvalue weighted by Gasteiger charge is -2.33. The summed E-state index contributed by atoms with van der Waals surface area (Å²) in [6.45, 7) is 7.95. The minimum atomic E-state index is 0. The first kappa shape index (κ1) is 24.1. The first-order valence-electron chi connectivity index (χ1n) is 8.79. The molecule has 0 saturated heterocycles. The molecule has 2 N–H and O–H groups in total. The van der Waals surface area contributed by atoms with Gasteiger partial charge in [0, 0.05) is 32.7 Å². The van der Waals surface area contributed by atoms with E-state index >= 15 is 0 Å². The van der Waals surface area contributed by atoms with Crippen LogP contribution in [-0.4, -0.2) is 53.0 Å². The largest absolute Gasteiger partial charge is 0.382 e. The minimum absolute atomic E-state index is 0. The summed E-state index contributed by atoms with van der Waals surface area (Å²) in [5.41, 5.74) is 1.49. The van der Waals surface area contributed by atoms with Crippen LogP contribution in [0.5, 0.6) is 0 Å². The van der Waals surface area contributed by atoms with Gasteiger partial charge in [0.25, 0.3) is 0 Å². The summed E-state index contributed by atoms with van der Waals surface area (Å²) in [5, 5.41) is 6.76. The molecule has 0 heterocycles. The number of aliphatic imine (C=N–C) groups is 1. The van der Waals surface area contributed by atoms with Crippen molar-refractivity contribution in [2.75, 3.05) is 47.1 Å². The molecule has 0 aliphatic carbocycles. The first-order valence-corrected chi connectivity index (χ1v) is 8.79. The van der Waals surface area contributed by atoms with Gasteiger partial charge in [-0.2, -0.15) is 0 Å². The van der Waals surface area contributed by atoms with Crippen LogP contribution in [-0.2, 0) is 14.9 Å². The number of rotatable bonds is 11. The van der Waals surface area contributed by atoms with Gasteiger partial charge in [0.2, 0.25) is 0 Å². The molecule has 0 saturated carbocycles. The first-order chi connectivity index (χ1) is 11.7. The standard InChI is InChI=1S/C19H33N3O2.HI/c1-5-19(6-2,17-10-8-7-9-11-17)16-22-18(20-3)21-12-13-24-15-14-23-4;/h7-11H,5-6,12-16H2,1-4H3,(H2,20,21,22);1H. The third kappa shape index (κ3) is 8.37. The van der Waals surface area contributed by atoms with Crippen LogP contribution in [0.4, 0.5) is 0 Å². The summed E-state index contributed by atoms with van der Waals surface area (Å²) in [6, 6.07) is 10.7. The zero-order chi connectivity index (χ0) is 17.7. The summed E-state index contributed by atoms with van der Waals surface area (Å²) in [5.74, 6) is 0.813. The lowest BCUT2D eigenvalue weighted by atomic mass is 9.76. The fraction of sp³-hybridized carbons (Fsp3) is 0.632. The van der Waals surface area contributed by atoms with E-state index in [2.05, 4.69) is 59.8 Å². The summed E-state index contributed by atoms with van der Waals surface area (Å²) < 4.78 is 10.4. The summed E-state index contributed by atoms with van der Waals surface area (Å²) in [6.07, 6.45) is 2.16. The number of methoxy groups -OCH3 is 1. The number of halogens is 1. The second-order valence-electron chi connectivity index (χ2n) is 5.81. The Morgan fingerprint density at radius 2 is 1.72 bits per heavy atom. The molecule has 144 valence electrons. The van der Waals surface area contributed by atoms with Gasteiger partial charge in [-0.3, -0.25) is 4.99 Å². The average Bonchev–Trinajstić information content (AvgIpc) is 2.64. The minimum Gasteiger partial charge on any atom is -0.382 e. The van der Waals surface area contributed by atoms with E-state index in [0.717, 1.165) is 31.9 Å². The van der Waals surface area contributed by atoms with Crippen molar-refractivity contribution in [1.29, 1.82) is 0 Å². The van der Waals surface area contributed by atoms with Crippen LogP contribution in [0.3, 0.4) is 0 Å². The maximum atomic E-state index is 5.46. The number of ether oxygens (including phenoxy) is 2. The maximum absolute atomic E-state index is 5.46. The van der Waals surface area contributed by atoms with Gasteiger partial charge in [-0.15, -0.1) is 24.0 Å². The molecule has 0 fully saturated rings. The summed E-state index contributed by atoms with van der Waals surface area (Å²) >= 11 is 0. The lowest BCUT2D eigenvalue weighted by molar-refractivity contribution is 0.0733. The van der Waals surface area contributed by atoms with Crippen molar-refractivity contribution in [2.24, 2.45) is 4.99 Å². The molecule has 25 heavy (non-hydrogen) atoms. The monoisotopic (exact) mass is 463 g/mol. The Kier molecular flexibility index (Phi) is 13.8. The highest BCUT2D eigenvalue weighted by atomic mass is 127. The van der Waals surface area contributed by atoms with E-state index in [0.29, 0.717) is 19.8 Å². The van der Waals surface area contributed by atoms with E-state index in [4.69, 9.17) is 9.47 Å². The van der Waals surface area contributed by atoms with Gasteiger partial charge in [0.05, 0.1) is 19.8 Å². The van der Waals surface area contributed by atoms with Gasteiger partial charge in [0.1, 0.15) is 0 Å². The van der Waals surface area contributed by atoms with Crippen LogP contribution >= 0.6 is 24.0 Å². The van der Waals surface area contributed by atoms with Crippen LogP contribution in [0, 0.1) is 0 Å². The SMILES string of the molecule is CCC(CC)(CNC(=NC)NCCOCCOC)c1ccccc1.I. The van der Waals surface area contributed by atoms with Crippen molar-refractivity contribution in [3.05, 3.63) is 35.9 Å². The van der Waals surface area contributed by atoms with E-state index < -0.39 is 0 Å². The van der Waals surface area contributed by atoms with E-state index in [9.17, 15) is 0 Å². The molecule has 0 spiro atoms. The highest BCUT2D eigenvalue weighted by Crippen LogP contribution is 2.30. The fourth-order valence-corrected chi connectivity index (χ4v) is 2.76. The number of hydrogen-bond donors (Lipinski definition) is 2. The van der Waals surface area contributed by atoms with Crippen LogP contribution in [0.15, 0.2) is 35.3 Å². The molecule has 0 aliphatic heterocycles. The molecule has 0 amide bonds. The maximum Gasteiger partial charge on any atom is 0.191 e. The Balaban J connectivity index is 0.00000576. The molecule has 6 heteroatoms. The second-order valence-corrected chi connectivity index (χ2v) is 5.81. The lowest BCUT2D eigenvalue weighted by Crippen LogP contribution is -2.46. The van der Waals surface area contributed by atoms with Gasteiger partial charge >= 0.3 is 0 Å². The third-order valence-electron chi connectivity index (χ3n) is 4.53. The number of nitrogens with one attached hydrogen (secondary N) is 2. The Labute approximate surface area is 170 Å².